The fraction of sp³-hybridized carbons (Fsp3) is 0.391. The number of amides is 1. The van der Waals surface area contributed by atoms with E-state index in [1.165, 1.54) is 0 Å². The molecule has 0 spiro atoms. The molecule has 2 aromatic rings. The maximum atomic E-state index is 13.6. The quantitative estimate of drug-likeness (QED) is 0.786. The first-order chi connectivity index (χ1) is 14.8. The number of Topliss-reactive ketones (excluding diaryl/α,β-unsaturated/α-hetero) is 1. The molecule has 162 valence electrons. The highest BCUT2D eigenvalue weighted by molar-refractivity contribution is 6.49. The number of hydrogen-bond acceptors (Lipinski definition) is 6. The Morgan fingerprint density at radius 3 is 2.61 bits per heavy atom. The minimum atomic E-state index is -0.970. The second-order valence-electron chi connectivity index (χ2n) is 8.39. The van der Waals surface area contributed by atoms with E-state index in [4.69, 9.17) is 16.4 Å². The lowest BCUT2D eigenvalue weighted by atomic mass is 9.95. The molecule has 1 atom stereocenters. The summed E-state index contributed by atoms with van der Waals surface area (Å²) in [5, 5.41) is 7.76. The fourth-order valence-corrected chi connectivity index (χ4v) is 4.01. The number of hydrogen-bond donors (Lipinski definition) is 1. The van der Waals surface area contributed by atoms with Crippen molar-refractivity contribution in [2.45, 2.75) is 45.3 Å². The Morgan fingerprint density at radius 1 is 1.26 bits per heavy atom. The molecule has 31 heavy (non-hydrogen) atoms. The first kappa shape index (κ1) is 21.5. The Labute approximate surface area is 186 Å². The number of ketones is 1. The van der Waals surface area contributed by atoms with Crippen molar-refractivity contribution in [3.63, 3.8) is 0 Å². The molecule has 7 nitrogen and oxygen atoms in total. The largest absolute Gasteiger partial charge is 0.381 e. The van der Waals surface area contributed by atoms with E-state index in [0.717, 1.165) is 24.9 Å². The predicted molar refractivity (Wildman–Crippen MR) is 120 cm³/mol. The van der Waals surface area contributed by atoms with E-state index in [1.54, 1.807) is 49.2 Å². The first-order valence-electron chi connectivity index (χ1n) is 10.4. The lowest BCUT2D eigenvalue weighted by molar-refractivity contribution is -0.128. The van der Waals surface area contributed by atoms with Crippen molar-refractivity contribution in [1.82, 2.24) is 10.3 Å². The molecule has 0 bridgehead atoms. The smallest absolute Gasteiger partial charge is 0.259 e. The van der Waals surface area contributed by atoms with Crippen LogP contribution in [0.25, 0.3) is 0 Å². The summed E-state index contributed by atoms with van der Waals surface area (Å²) in [6.45, 7) is 6.86. The number of halogens is 1. The van der Waals surface area contributed by atoms with Gasteiger partial charge >= 0.3 is 0 Å². The summed E-state index contributed by atoms with van der Waals surface area (Å²) in [5.74, 6) is 0.101. The third-order valence-electron chi connectivity index (χ3n) is 5.68. The van der Waals surface area contributed by atoms with Crippen LogP contribution in [0, 0.1) is 6.92 Å². The molecule has 1 N–H and O–H groups in total. The number of benzene rings is 1. The van der Waals surface area contributed by atoms with Crippen molar-refractivity contribution in [2.75, 3.05) is 18.0 Å². The van der Waals surface area contributed by atoms with E-state index in [0.29, 0.717) is 28.5 Å². The van der Waals surface area contributed by atoms with Gasteiger partial charge in [-0.1, -0.05) is 28.9 Å². The van der Waals surface area contributed by atoms with Crippen molar-refractivity contribution >= 4 is 34.8 Å². The van der Waals surface area contributed by atoms with Crippen molar-refractivity contribution in [1.29, 1.82) is 0 Å². The average Bonchev–Trinajstić information content (AvgIpc) is 3.05. The maximum Gasteiger partial charge on any atom is 0.259 e. The van der Waals surface area contributed by atoms with Gasteiger partial charge in [0.2, 0.25) is 5.78 Å². The Bertz CT molecular complexity index is 1040. The molecule has 0 radical (unpaired) electrons. The highest BCUT2D eigenvalue weighted by atomic mass is 35.5. The number of nitrogens with zero attached hydrogens (tertiary/aromatic N) is 3. The fourth-order valence-electron chi connectivity index (χ4n) is 3.80. The minimum Gasteiger partial charge on any atom is -0.381 e. The second-order valence-corrected chi connectivity index (χ2v) is 8.77. The van der Waals surface area contributed by atoms with E-state index < -0.39 is 5.60 Å². The van der Waals surface area contributed by atoms with Gasteiger partial charge in [-0.05, 0) is 63.9 Å². The number of piperidine rings is 1. The van der Waals surface area contributed by atoms with Crippen molar-refractivity contribution in [3.8, 4) is 0 Å². The summed E-state index contributed by atoms with van der Waals surface area (Å²) < 4.78 is 0. The van der Waals surface area contributed by atoms with E-state index >= 15 is 0 Å². The van der Waals surface area contributed by atoms with Gasteiger partial charge in [-0.25, -0.2) is 4.98 Å². The molecule has 1 saturated heterocycles. The first-order valence-corrected chi connectivity index (χ1v) is 10.7. The minimum absolute atomic E-state index is 0.0530. The van der Waals surface area contributed by atoms with E-state index in [1.807, 2.05) is 13.0 Å². The molecule has 1 aromatic carbocycles. The van der Waals surface area contributed by atoms with Crippen LogP contribution in [0.4, 0.5) is 5.82 Å². The molecule has 2 aliphatic rings. The zero-order valence-electron chi connectivity index (χ0n) is 17.8. The predicted octanol–water partition coefficient (Wildman–Crippen LogP) is 3.52. The summed E-state index contributed by atoms with van der Waals surface area (Å²) in [4.78, 5) is 37.4. The van der Waals surface area contributed by atoms with E-state index in [2.05, 4.69) is 15.5 Å². The third-order valence-corrected chi connectivity index (χ3v) is 6.15. The van der Waals surface area contributed by atoms with Gasteiger partial charge in [0.1, 0.15) is 0 Å². The molecular formula is C23H25ClN4O3. The summed E-state index contributed by atoms with van der Waals surface area (Å²) in [7, 11) is 0. The summed E-state index contributed by atoms with van der Waals surface area (Å²) in [6.07, 6.45) is 3.50. The van der Waals surface area contributed by atoms with Crippen LogP contribution in [0.15, 0.2) is 41.7 Å². The van der Waals surface area contributed by atoms with Gasteiger partial charge in [0.25, 0.3) is 5.91 Å². The highest BCUT2D eigenvalue weighted by Crippen LogP contribution is 2.31. The number of aromatic nitrogens is 1. The normalized spacial score (nSPS) is 20.2. The number of anilines is 1. The molecule has 1 amide bonds. The third kappa shape index (κ3) is 4.07. The van der Waals surface area contributed by atoms with Gasteiger partial charge in [-0.15, -0.1) is 0 Å². The number of nitrogens with one attached hydrogen (secondary N) is 1. The number of carbonyl (C=O) groups is 2. The molecule has 0 aliphatic carbocycles. The van der Waals surface area contributed by atoms with Gasteiger partial charge in [-0.3, -0.25) is 14.5 Å². The topological polar surface area (TPSA) is 83.9 Å². The lowest BCUT2D eigenvalue weighted by Crippen LogP contribution is -2.49. The lowest BCUT2D eigenvalue weighted by Gasteiger charge is -2.34. The number of pyridine rings is 1. The van der Waals surface area contributed by atoms with Crippen LogP contribution in [0.5, 0.6) is 0 Å². The van der Waals surface area contributed by atoms with E-state index in [-0.39, 0.29) is 23.4 Å². The molecule has 0 saturated carbocycles. The van der Waals surface area contributed by atoms with Crippen LogP contribution in [0.2, 0.25) is 5.02 Å². The maximum absolute atomic E-state index is 13.6. The number of aryl methyl sites for hydroxylation is 1. The highest BCUT2D eigenvalue weighted by Gasteiger charge is 2.40. The molecule has 8 heteroatoms. The van der Waals surface area contributed by atoms with Crippen LogP contribution in [0.1, 0.15) is 48.2 Å². The van der Waals surface area contributed by atoms with Gasteiger partial charge in [-0.2, -0.15) is 0 Å². The van der Waals surface area contributed by atoms with Crippen LogP contribution >= 0.6 is 11.6 Å². The van der Waals surface area contributed by atoms with Crippen molar-refractivity contribution in [3.05, 3.63) is 58.2 Å². The van der Waals surface area contributed by atoms with Crippen LogP contribution in [-0.2, 0) is 9.63 Å². The molecule has 4 rings (SSSR count). The van der Waals surface area contributed by atoms with Gasteiger partial charge in [0, 0.05) is 23.9 Å². The van der Waals surface area contributed by atoms with E-state index in [9.17, 15) is 9.59 Å². The molecule has 1 unspecified atom stereocenters. The summed E-state index contributed by atoms with van der Waals surface area (Å²) >= 11 is 6.55. The number of rotatable bonds is 4. The van der Waals surface area contributed by atoms with Gasteiger partial charge in [0.15, 0.2) is 17.1 Å². The SMILES string of the molecule is Cc1ccnc(N(C(=O)c2ccc(C3=NOC(C)(C)C3=O)cc2)C2CCCNC2)c1Cl. The molecular weight excluding hydrogens is 416 g/mol. The van der Waals surface area contributed by atoms with Crippen LogP contribution in [0.3, 0.4) is 0 Å². The zero-order valence-corrected chi connectivity index (χ0v) is 18.6. The Kier molecular flexibility index (Phi) is 5.81. The Morgan fingerprint density at radius 2 is 2.00 bits per heavy atom. The van der Waals surface area contributed by atoms with Crippen molar-refractivity contribution in [2.24, 2.45) is 5.16 Å². The standard InChI is InChI=1S/C23H25ClN4O3/c1-14-10-12-26-21(18(14)24)28(17-5-4-11-25-13-17)22(30)16-8-6-15(7-9-16)19-20(29)23(2,3)31-27-19/h6-10,12,17,25H,4-5,11,13H2,1-3H3. The number of carbonyl (C=O) groups excluding carboxylic acids is 2. The summed E-state index contributed by atoms with van der Waals surface area (Å²) in [5.41, 5.74) is 1.26. The van der Waals surface area contributed by atoms with Gasteiger partial charge < -0.3 is 10.2 Å². The Hall–Kier alpha value is -2.77. The average molecular weight is 441 g/mol. The Balaban J connectivity index is 1.66. The summed E-state index contributed by atoms with van der Waals surface area (Å²) in [6, 6.07) is 8.61. The monoisotopic (exact) mass is 440 g/mol. The van der Waals surface area contributed by atoms with Gasteiger partial charge in [0.05, 0.1) is 11.1 Å². The number of oxime groups is 1. The van der Waals surface area contributed by atoms with Crippen molar-refractivity contribution < 1.29 is 14.4 Å². The van der Waals surface area contributed by atoms with Crippen LogP contribution < -0.4 is 10.2 Å². The molecule has 3 heterocycles. The second kappa shape index (κ2) is 8.40. The van der Waals surface area contributed by atoms with Crippen LogP contribution in [-0.4, -0.2) is 47.1 Å². The molecule has 1 aromatic heterocycles. The zero-order chi connectivity index (χ0) is 22.2. The molecule has 1 fully saturated rings. The molecule has 2 aliphatic heterocycles.